The zero-order chi connectivity index (χ0) is 18.2. The van der Waals surface area contributed by atoms with Gasteiger partial charge in [0.25, 0.3) is 0 Å². The fraction of sp³-hybridized carbons (Fsp3) is 0.318. The predicted octanol–water partition coefficient (Wildman–Crippen LogP) is 4.24. The Morgan fingerprint density at radius 1 is 0.923 bits per heavy atom. The van der Waals surface area contributed by atoms with Crippen molar-refractivity contribution >= 4 is 27.8 Å². The third-order valence-corrected chi connectivity index (χ3v) is 5.25. The van der Waals surface area contributed by atoms with Crippen LogP contribution < -0.4 is 0 Å². The molecule has 0 aromatic heterocycles. The fourth-order valence-electron chi connectivity index (χ4n) is 3.13. The summed E-state index contributed by atoms with van der Waals surface area (Å²) in [5, 5.41) is 0. The Bertz CT molecular complexity index is 720. The van der Waals surface area contributed by atoms with Gasteiger partial charge in [0.05, 0.1) is 0 Å². The highest BCUT2D eigenvalue weighted by atomic mass is 79.9. The molecule has 1 saturated heterocycles. The van der Waals surface area contributed by atoms with Gasteiger partial charge in [-0.3, -0.25) is 9.69 Å². The number of carbonyl (C=O) groups is 1. The van der Waals surface area contributed by atoms with Crippen molar-refractivity contribution < 1.29 is 4.79 Å². The number of carbonyl (C=O) groups excluding carboxylic acids is 1. The lowest BCUT2D eigenvalue weighted by Crippen LogP contribution is -2.46. The van der Waals surface area contributed by atoms with Gasteiger partial charge < -0.3 is 4.90 Å². The molecule has 0 saturated carbocycles. The van der Waals surface area contributed by atoms with E-state index in [2.05, 4.69) is 56.1 Å². The quantitative estimate of drug-likeness (QED) is 0.635. The first-order valence-electron chi connectivity index (χ1n) is 9.14. The molecule has 26 heavy (non-hydrogen) atoms. The second-order valence-corrected chi connectivity index (χ2v) is 7.62. The van der Waals surface area contributed by atoms with Gasteiger partial charge in [-0.05, 0) is 29.3 Å². The summed E-state index contributed by atoms with van der Waals surface area (Å²) in [6.45, 7) is 6.08. The van der Waals surface area contributed by atoms with Crippen molar-refractivity contribution in [2.24, 2.45) is 0 Å². The molecule has 1 fully saturated rings. The average Bonchev–Trinajstić information content (AvgIpc) is 2.68. The summed E-state index contributed by atoms with van der Waals surface area (Å²) >= 11 is 3.42. The molecule has 2 aromatic rings. The van der Waals surface area contributed by atoms with Crippen molar-refractivity contribution in [2.45, 2.75) is 13.0 Å². The van der Waals surface area contributed by atoms with Gasteiger partial charge in [0.2, 0.25) is 0 Å². The van der Waals surface area contributed by atoms with E-state index in [9.17, 15) is 4.79 Å². The van der Waals surface area contributed by atoms with Crippen molar-refractivity contribution in [3.8, 4) is 0 Å². The molecule has 0 unspecified atom stereocenters. The third kappa shape index (κ3) is 6.20. The highest BCUT2D eigenvalue weighted by Crippen LogP contribution is 2.12. The smallest absolute Gasteiger partial charge is 0.156 e. The number of nitrogens with zero attached hydrogens (tertiary/aromatic N) is 2. The first-order chi connectivity index (χ1) is 12.7. The summed E-state index contributed by atoms with van der Waals surface area (Å²) in [4.78, 5) is 17.0. The molecule has 0 aliphatic carbocycles. The van der Waals surface area contributed by atoms with E-state index in [1.165, 1.54) is 5.56 Å². The Kier molecular flexibility index (Phi) is 7.18. The van der Waals surface area contributed by atoms with Crippen molar-refractivity contribution in [1.82, 2.24) is 9.80 Å². The summed E-state index contributed by atoms with van der Waals surface area (Å²) in [5.41, 5.74) is 2.42. The highest BCUT2D eigenvalue weighted by Gasteiger charge is 2.17. The second-order valence-electron chi connectivity index (χ2n) is 6.70. The molecule has 4 heteroatoms. The molecule has 1 aliphatic heterocycles. The van der Waals surface area contributed by atoms with Crippen LogP contribution in [0.4, 0.5) is 0 Å². The summed E-state index contributed by atoms with van der Waals surface area (Å²) in [7, 11) is 0. The van der Waals surface area contributed by atoms with E-state index in [1.54, 1.807) is 6.08 Å². The van der Waals surface area contributed by atoms with Gasteiger partial charge in [-0.25, -0.2) is 0 Å². The molecule has 136 valence electrons. The van der Waals surface area contributed by atoms with Crippen LogP contribution in [0.3, 0.4) is 0 Å². The van der Waals surface area contributed by atoms with Crippen LogP contribution >= 0.6 is 15.9 Å². The average molecular weight is 413 g/mol. The SMILES string of the molecule is O=C(C=Cc1ccc(Br)cc1)CCN1CCN(Cc2ccccc2)CC1. The molecule has 1 heterocycles. The second kappa shape index (κ2) is 9.81. The lowest BCUT2D eigenvalue weighted by molar-refractivity contribution is -0.114. The minimum Gasteiger partial charge on any atom is -0.300 e. The van der Waals surface area contributed by atoms with Crippen LogP contribution in [0.5, 0.6) is 0 Å². The number of hydrogen-bond acceptors (Lipinski definition) is 3. The number of halogens is 1. The zero-order valence-electron chi connectivity index (χ0n) is 15.0. The Labute approximate surface area is 164 Å². The van der Waals surface area contributed by atoms with Gasteiger partial charge in [-0.15, -0.1) is 0 Å². The minimum absolute atomic E-state index is 0.194. The number of ketones is 1. The predicted molar refractivity (Wildman–Crippen MR) is 111 cm³/mol. The van der Waals surface area contributed by atoms with Crippen LogP contribution in [0, 0.1) is 0 Å². The van der Waals surface area contributed by atoms with Crippen LogP contribution in [0.1, 0.15) is 17.5 Å². The van der Waals surface area contributed by atoms with Gasteiger partial charge >= 0.3 is 0 Å². The molecule has 0 radical (unpaired) electrons. The van der Waals surface area contributed by atoms with E-state index in [1.807, 2.05) is 30.3 Å². The minimum atomic E-state index is 0.194. The summed E-state index contributed by atoms with van der Waals surface area (Å²) in [5.74, 6) is 0.194. The maximum atomic E-state index is 12.1. The van der Waals surface area contributed by atoms with Gasteiger partial charge in [0.15, 0.2) is 5.78 Å². The number of benzene rings is 2. The summed E-state index contributed by atoms with van der Waals surface area (Å²) in [6, 6.07) is 18.6. The molecule has 0 amide bonds. The molecule has 0 atom stereocenters. The van der Waals surface area contributed by atoms with Crippen LogP contribution in [-0.4, -0.2) is 48.3 Å². The van der Waals surface area contributed by atoms with E-state index in [0.29, 0.717) is 6.42 Å². The molecule has 0 bridgehead atoms. The van der Waals surface area contributed by atoms with E-state index < -0.39 is 0 Å². The summed E-state index contributed by atoms with van der Waals surface area (Å²) < 4.78 is 1.05. The Morgan fingerprint density at radius 3 is 2.27 bits per heavy atom. The summed E-state index contributed by atoms with van der Waals surface area (Å²) in [6.07, 6.45) is 4.19. The van der Waals surface area contributed by atoms with Crippen molar-refractivity contribution in [2.75, 3.05) is 32.7 Å². The standard InChI is InChI=1S/C22H25BrN2O/c23-21-9-6-19(7-10-21)8-11-22(26)12-13-24-14-16-25(17-15-24)18-20-4-2-1-3-5-20/h1-11H,12-18H2. The van der Waals surface area contributed by atoms with Gasteiger partial charge in [0, 0.05) is 50.2 Å². The highest BCUT2D eigenvalue weighted by molar-refractivity contribution is 9.10. The first-order valence-corrected chi connectivity index (χ1v) is 9.93. The van der Waals surface area contributed by atoms with Gasteiger partial charge in [0.1, 0.15) is 0 Å². The first kappa shape index (κ1) is 19.0. The Balaban J connectivity index is 1.36. The Hall–Kier alpha value is -1.75. The van der Waals surface area contributed by atoms with Crippen LogP contribution in [0.2, 0.25) is 0 Å². The Morgan fingerprint density at radius 2 is 1.58 bits per heavy atom. The molecule has 0 spiro atoms. The van der Waals surface area contributed by atoms with Crippen molar-refractivity contribution in [3.63, 3.8) is 0 Å². The van der Waals surface area contributed by atoms with Crippen molar-refractivity contribution in [3.05, 3.63) is 76.3 Å². The van der Waals surface area contributed by atoms with Crippen LogP contribution in [0.15, 0.2) is 65.1 Å². The van der Waals surface area contributed by atoms with Gasteiger partial charge in [-0.2, -0.15) is 0 Å². The number of hydrogen-bond donors (Lipinski definition) is 0. The van der Waals surface area contributed by atoms with E-state index in [4.69, 9.17) is 0 Å². The van der Waals surface area contributed by atoms with E-state index in [0.717, 1.165) is 49.3 Å². The zero-order valence-corrected chi connectivity index (χ0v) is 16.6. The normalized spacial score (nSPS) is 16.2. The largest absolute Gasteiger partial charge is 0.300 e. The fourth-order valence-corrected chi connectivity index (χ4v) is 3.39. The third-order valence-electron chi connectivity index (χ3n) is 4.72. The maximum Gasteiger partial charge on any atom is 0.156 e. The maximum absolute atomic E-state index is 12.1. The lowest BCUT2D eigenvalue weighted by Gasteiger charge is -2.34. The topological polar surface area (TPSA) is 23.6 Å². The molecule has 3 rings (SSSR count). The molecular weight excluding hydrogens is 388 g/mol. The molecular formula is C22H25BrN2O. The number of rotatable bonds is 7. The van der Waals surface area contributed by atoms with E-state index >= 15 is 0 Å². The number of piperazine rings is 1. The molecule has 2 aromatic carbocycles. The monoisotopic (exact) mass is 412 g/mol. The van der Waals surface area contributed by atoms with E-state index in [-0.39, 0.29) is 5.78 Å². The van der Waals surface area contributed by atoms with Crippen molar-refractivity contribution in [1.29, 1.82) is 0 Å². The lowest BCUT2D eigenvalue weighted by atomic mass is 10.1. The molecule has 3 nitrogen and oxygen atoms in total. The van der Waals surface area contributed by atoms with Gasteiger partial charge in [-0.1, -0.05) is 64.5 Å². The number of allylic oxidation sites excluding steroid dienone is 1. The van der Waals surface area contributed by atoms with Crippen LogP contribution in [0.25, 0.3) is 6.08 Å². The molecule has 1 aliphatic rings. The van der Waals surface area contributed by atoms with Crippen LogP contribution in [-0.2, 0) is 11.3 Å². The molecule has 0 N–H and O–H groups in total.